The van der Waals surface area contributed by atoms with Crippen molar-refractivity contribution in [1.29, 1.82) is 0 Å². The summed E-state index contributed by atoms with van der Waals surface area (Å²) in [6.07, 6.45) is 63.7. The minimum Gasteiger partial charge on any atom is -0.462 e. The Morgan fingerprint density at radius 3 is 1.00 bits per heavy atom. The van der Waals surface area contributed by atoms with E-state index in [1.807, 2.05) is 0 Å². The van der Waals surface area contributed by atoms with Crippen LogP contribution in [0.3, 0.4) is 0 Å². The molecule has 0 saturated carbocycles. The first-order chi connectivity index (χ1) is 31.0. The average Bonchev–Trinajstić information content (AvgIpc) is 3.28. The van der Waals surface area contributed by atoms with Crippen molar-refractivity contribution in [3.8, 4) is 0 Å². The van der Waals surface area contributed by atoms with E-state index in [0.717, 1.165) is 89.9 Å². The highest BCUT2D eigenvalue weighted by molar-refractivity contribution is 5.71. The van der Waals surface area contributed by atoms with Gasteiger partial charge in [-0.25, -0.2) is 0 Å². The van der Waals surface area contributed by atoms with E-state index in [2.05, 4.69) is 81.5 Å². The van der Waals surface area contributed by atoms with Crippen molar-refractivity contribution < 1.29 is 28.6 Å². The first kappa shape index (κ1) is 60.1. The van der Waals surface area contributed by atoms with Gasteiger partial charge in [-0.15, -0.1) is 0 Å². The van der Waals surface area contributed by atoms with Crippen LogP contribution in [0.25, 0.3) is 0 Å². The van der Waals surface area contributed by atoms with Crippen LogP contribution in [0.2, 0.25) is 0 Å². The quantitative estimate of drug-likeness (QED) is 0.0262. The minimum absolute atomic E-state index is 0.0854. The van der Waals surface area contributed by atoms with E-state index in [-0.39, 0.29) is 31.1 Å². The van der Waals surface area contributed by atoms with Crippen molar-refractivity contribution in [2.75, 3.05) is 13.2 Å². The lowest BCUT2D eigenvalue weighted by atomic mass is 10.0. The molecule has 0 aromatic heterocycles. The third kappa shape index (κ3) is 50.0. The minimum atomic E-state index is -0.786. The highest BCUT2D eigenvalue weighted by Gasteiger charge is 2.19. The number of carbonyl (C=O) groups is 3. The van der Waals surface area contributed by atoms with Gasteiger partial charge in [0.05, 0.1) is 0 Å². The number of ether oxygens (including phenoxy) is 3. The summed E-state index contributed by atoms with van der Waals surface area (Å²) in [5.41, 5.74) is 0. The second-order valence-electron chi connectivity index (χ2n) is 17.7. The first-order valence-electron chi connectivity index (χ1n) is 26.8. The summed E-state index contributed by atoms with van der Waals surface area (Å²) in [5, 5.41) is 0. The molecule has 0 aromatic rings. The van der Waals surface area contributed by atoms with E-state index in [1.165, 1.54) is 135 Å². The summed E-state index contributed by atoms with van der Waals surface area (Å²) >= 11 is 0. The lowest BCUT2D eigenvalue weighted by Crippen LogP contribution is -2.30. The van der Waals surface area contributed by atoms with Gasteiger partial charge in [-0.3, -0.25) is 14.4 Å². The molecule has 1 unspecified atom stereocenters. The van der Waals surface area contributed by atoms with Gasteiger partial charge >= 0.3 is 17.9 Å². The van der Waals surface area contributed by atoms with E-state index < -0.39 is 6.10 Å². The van der Waals surface area contributed by atoms with E-state index in [9.17, 15) is 14.4 Å². The molecule has 0 spiro atoms. The molecule has 0 radical (unpaired) electrons. The number of hydrogen-bond acceptors (Lipinski definition) is 6. The molecule has 0 saturated heterocycles. The smallest absolute Gasteiger partial charge is 0.306 e. The molecule has 0 aromatic carbocycles. The van der Waals surface area contributed by atoms with Crippen LogP contribution in [0.5, 0.6) is 0 Å². The average molecular weight is 881 g/mol. The molecule has 0 rings (SSSR count). The normalized spacial score (nSPS) is 12.5. The molecular weight excluding hydrogens is 781 g/mol. The zero-order chi connectivity index (χ0) is 45.8. The van der Waals surface area contributed by atoms with Crippen molar-refractivity contribution in [3.63, 3.8) is 0 Å². The van der Waals surface area contributed by atoms with Gasteiger partial charge in [-0.2, -0.15) is 0 Å². The summed E-state index contributed by atoms with van der Waals surface area (Å²) in [5.74, 6) is -0.920. The fourth-order valence-electron chi connectivity index (χ4n) is 7.55. The predicted octanol–water partition coefficient (Wildman–Crippen LogP) is 17.6. The Balaban J connectivity index is 4.29. The number of esters is 3. The Morgan fingerprint density at radius 2 is 0.619 bits per heavy atom. The number of rotatable bonds is 48. The molecule has 63 heavy (non-hydrogen) atoms. The molecule has 0 amide bonds. The van der Waals surface area contributed by atoms with Crippen LogP contribution in [0.1, 0.15) is 265 Å². The van der Waals surface area contributed by atoms with Gasteiger partial charge in [-0.05, 0) is 77.0 Å². The largest absolute Gasteiger partial charge is 0.462 e. The molecular formula is C57H100O6. The summed E-state index contributed by atoms with van der Waals surface area (Å²) in [7, 11) is 0. The lowest BCUT2D eigenvalue weighted by molar-refractivity contribution is -0.167. The molecule has 0 fully saturated rings. The summed E-state index contributed by atoms with van der Waals surface area (Å²) in [6, 6.07) is 0. The highest BCUT2D eigenvalue weighted by atomic mass is 16.6. The second-order valence-corrected chi connectivity index (χ2v) is 17.7. The number of unbranched alkanes of at least 4 members (excludes halogenated alkanes) is 27. The third-order valence-electron chi connectivity index (χ3n) is 11.5. The van der Waals surface area contributed by atoms with Gasteiger partial charge in [0.25, 0.3) is 0 Å². The van der Waals surface area contributed by atoms with Crippen LogP contribution in [0, 0.1) is 0 Å². The molecule has 0 bridgehead atoms. The van der Waals surface area contributed by atoms with Gasteiger partial charge < -0.3 is 14.2 Å². The maximum Gasteiger partial charge on any atom is 0.306 e. The van der Waals surface area contributed by atoms with Crippen LogP contribution >= 0.6 is 0 Å². The first-order valence-corrected chi connectivity index (χ1v) is 26.8. The van der Waals surface area contributed by atoms with E-state index >= 15 is 0 Å². The summed E-state index contributed by atoms with van der Waals surface area (Å²) < 4.78 is 16.8. The fraction of sp³-hybridized carbons (Fsp3) is 0.772. The molecule has 0 aliphatic heterocycles. The van der Waals surface area contributed by atoms with Gasteiger partial charge in [0.1, 0.15) is 13.2 Å². The molecule has 1 atom stereocenters. The monoisotopic (exact) mass is 881 g/mol. The van der Waals surface area contributed by atoms with Crippen LogP contribution < -0.4 is 0 Å². The Hall–Kier alpha value is -2.89. The molecule has 6 heteroatoms. The van der Waals surface area contributed by atoms with Crippen LogP contribution in [0.4, 0.5) is 0 Å². The van der Waals surface area contributed by atoms with E-state index in [4.69, 9.17) is 14.2 Å². The molecule has 0 N–H and O–H groups in total. The molecule has 6 nitrogen and oxygen atoms in total. The maximum absolute atomic E-state index is 12.8. The van der Waals surface area contributed by atoms with E-state index in [1.54, 1.807) is 0 Å². The van der Waals surface area contributed by atoms with Crippen molar-refractivity contribution in [1.82, 2.24) is 0 Å². The number of hydrogen-bond donors (Lipinski definition) is 0. The van der Waals surface area contributed by atoms with Crippen LogP contribution in [0.15, 0.2) is 60.8 Å². The fourth-order valence-corrected chi connectivity index (χ4v) is 7.55. The zero-order valence-electron chi connectivity index (χ0n) is 41.6. The van der Waals surface area contributed by atoms with Crippen molar-refractivity contribution >= 4 is 17.9 Å². The Kier molecular flexibility index (Phi) is 49.4. The lowest BCUT2D eigenvalue weighted by Gasteiger charge is -2.18. The van der Waals surface area contributed by atoms with Crippen molar-refractivity contribution in [2.45, 2.75) is 271 Å². The van der Waals surface area contributed by atoms with Gasteiger partial charge in [0, 0.05) is 19.3 Å². The summed E-state index contributed by atoms with van der Waals surface area (Å²) in [6.45, 7) is 6.39. The third-order valence-corrected chi connectivity index (χ3v) is 11.5. The zero-order valence-corrected chi connectivity index (χ0v) is 41.6. The Morgan fingerprint density at radius 1 is 0.333 bits per heavy atom. The van der Waals surface area contributed by atoms with E-state index in [0.29, 0.717) is 19.3 Å². The Bertz CT molecular complexity index is 1150. The predicted molar refractivity (Wildman–Crippen MR) is 270 cm³/mol. The molecule has 364 valence electrons. The van der Waals surface area contributed by atoms with Crippen molar-refractivity contribution in [2.24, 2.45) is 0 Å². The number of carbonyl (C=O) groups excluding carboxylic acids is 3. The standard InChI is InChI=1S/C57H100O6/c1-4-7-10-13-16-19-21-23-25-27-28-30-31-33-35-38-41-44-47-50-56(59)62-53-54(52-61-55(58)49-46-43-40-37-18-15-12-9-6-3)63-57(60)51-48-45-42-39-36-34-32-29-26-24-22-20-17-14-11-8-5-2/h7,9-10,12,16,18-19,23,25,37,54H,4-6,8,11,13-15,17,20-22,24,26-36,38-53H2,1-3H3/b10-7-,12-9-,19-16-,25-23-,37-18-. The van der Waals surface area contributed by atoms with Gasteiger partial charge in [0.2, 0.25) is 0 Å². The van der Waals surface area contributed by atoms with Gasteiger partial charge in [-0.1, -0.05) is 229 Å². The van der Waals surface area contributed by atoms with Gasteiger partial charge in [0.15, 0.2) is 6.10 Å². The topological polar surface area (TPSA) is 78.9 Å². The molecule has 0 aliphatic carbocycles. The number of allylic oxidation sites excluding steroid dienone is 10. The highest BCUT2D eigenvalue weighted by Crippen LogP contribution is 2.16. The van der Waals surface area contributed by atoms with Crippen LogP contribution in [-0.4, -0.2) is 37.2 Å². The van der Waals surface area contributed by atoms with Crippen LogP contribution in [-0.2, 0) is 28.6 Å². The SMILES string of the molecule is CC/C=C\C/C=C\C/C=C\CCCCCCCCCCCC(=O)OCC(COC(=O)CCCC/C=C\C/C=C\CC)OC(=O)CCCCCCCCCCCCCCCCCCC. The maximum atomic E-state index is 12.8. The second kappa shape index (κ2) is 51.7. The van der Waals surface area contributed by atoms with Crippen molar-refractivity contribution in [3.05, 3.63) is 60.8 Å². The summed E-state index contributed by atoms with van der Waals surface area (Å²) in [4.78, 5) is 37.9. The molecule has 0 heterocycles. The molecule has 0 aliphatic rings. The Labute approximate surface area is 390 Å².